The molecule has 1 atom stereocenters. The molecule has 0 saturated heterocycles. The van der Waals surface area contributed by atoms with Crippen LogP contribution in [0.5, 0.6) is 0 Å². The van der Waals surface area contributed by atoms with Crippen molar-refractivity contribution in [3.63, 3.8) is 0 Å². The Hall–Kier alpha value is -1.29. The number of nitro groups is 1. The number of pyridine rings is 1. The number of ether oxygens (including phenoxy) is 1. The molecule has 1 aromatic heterocycles. The number of nitrogens with one attached hydrogen (secondary N) is 1. The van der Waals surface area contributed by atoms with Crippen molar-refractivity contribution in [3.8, 4) is 0 Å². The van der Waals surface area contributed by atoms with E-state index in [1.54, 1.807) is 7.11 Å². The summed E-state index contributed by atoms with van der Waals surface area (Å²) in [5.41, 5.74) is -0.637. The lowest BCUT2D eigenvalue weighted by Crippen LogP contribution is -2.35. The van der Waals surface area contributed by atoms with Gasteiger partial charge in [-0.05, 0) is 15.9 Å². The van der Waals surface area contributed by atoms with Crippen LogP contribution in [0.2, 0.25) is 0 Å². The minimum absolute atomic E-state index is 0.0287. The van der Waals surface area contributed by atoms with Gasteiger partial charge in [-0.1, -0.05) is 0 Å². The molecule has 1 aromatic rings. The number of aliphatic hydroxyl groups is 1. The summed E-state index contributed by atoms with van der Waals surface area (Å²) in [5, 5.41) is 23.5. The number of hydrogen-bond donors (Lipinski definition) is 2. The number of halogens is 1. The summed E-state index contributed by atoms with van der Waals surface area (Å²) in [4.78, 5) is 21.9. The van der Waals surface area contributed by atoms with Crippen molar-refractivity contribution in [1.29, 1.82) is 0 Å². The highest BCUT2D eigenvalue weighted by Crippen LogP contribution is 2.14. The number of rotatable bonds is 8. The van der Waals surface area contributed by atoms with Crippen LogP contribution in [0.4, 0.5) is 5.69 Å². The molecular weight excluding hydrogens is 334 g/mol. The largest absolute Gasteiger partial charge is 0.390 e. The molecular formula is C11H16BrN3O5. The van der Waals surface area contributed by atoms with Crippen LogP contribution >= 0.6 is 15.9 Å². The first-order valence-corrected chi connectivity index (χ1v) is 6.67. The fraction of sp³-hybridized carbons (Fsp3) is 0.545. The molecule has 0 aliphatic heterocycles. The fourth-order valence-corrected chi connectivity index (χ4v) is 2.02. The second kappa shape index (κ2) is 8.10. The van der Waals surface area contributed by atoms with Crippen LogP contribution in [0.1, 0.15) is 0 Å². The van der Waals surface area contributed by atoms with Crippen LogP contribution in [0.3, 0.4) is 0 Å². The van der Waals surface area contributed by atoms with Gasteiger partial charge in [0.25, 0.3) is 11.2 Å². The lowest BCUT2D eigenvalue weighted by atomic mass is 10.3. The van der Waals surface area contributed by atoms with Gasteiger partial charge < -0.3 is 19.7 Å². The molecule has 0 spiro atoms. The summed E-state index contributed by atoms with van der Waals surface area (Å²) in [6.07, 6.45) is 0.282. The predicted octanol–water partition coefficient (Wildman–Crippen LogP) is 0.116. The number of aliphatic hydroxyl groups excluding tert-OH is 1. The lowest BCUT2D eigenvalue weighted by molar-refractivity contribution is -0.385. The summed E-state index contributed by atoms with van der Waals surface area (Å²) in [7, 11) is 1.57. The Balaban J connectivity index is 2.71. The molecule has 1 rings (SSSR count). The van der Waals surface area contributed by atoms with Crippen molar-refractivity contribution >= 4 is 21.6 Å². The first-order chi connectivity index (χ1) is 9.45. The summed E-state index contributed by atoms with van der Waals surface area (Å²) >= 11 is 2.98. The first-order valence-electron chi connectivity index (χ1n) is 5.87. The second-order valence-corrected chi connectivity index (χ2v) is 4.97. The first kappa shape index (κ1) is 16.8. The summed E-state index contributed by atoms with van der Waals surface area (Å²) in [6.45, 7) is 1.31. The molecule has 20 heavy (non-hydrogen) atoms. The van der Waals surface area contributed by atoms with E-state index >= 15 is 0 Å². The summed E-state index contributed by atoms with van der Waals surface area (Å²) in [5.74, 6) is 0. The van der Waals surface area contributed by atoms with Crippen LogP contribution in [0.25, 0.3) is 0 Å². The van der Waals surface area contributed by atoms with E-state index in [1.165, 1.54) is 0 Å². The van der Waals surface area contributed by atoms with Gasteiger partial charge in [-0.25, -0.2) is 0 Å². The van der Waals surface area contributed by atoms with E-state index in [0.29, 0.717) is 13.2 Å². The highest BCUT2D eigenvalue weighted by Gasteiger charge is 2.14. The zero-order chi connectivity index (χ0) is 15.1. The molecule has 1 unspecified atom stereocenters. The monoisotopic (exact) mass is 349 g/mol. The van der Waals surface area contributed by atoms with Gasteiger partial charge in [0.15, 0.2) is 0 Å². The highest BCUT2D eigenvalue weighted by molar-refractivity contribution is 9.10. The third kappa shape index (κ3) is 5.00. The number of hydrogen-bond acceptors (Lipinski definition) is 6. The minimum atomic E-state index is -0.835. The smallest absolute Gasteiger partial charge is 0.286 e. The van der Waals surface area contributed by atoms with E-state index in [0.717, 1.165) is 16.8 Å². The molecule has 0 aliphatic rings. The Morgan fingerprint density at radius 3 is 2.95 bits per heavy atom. The highest BCUT2D eigenvalue weighted by atomic mass is 79.9. The maximum absolute atomic E-state index is 11.8. The van der Waals surface area contributed by atoms with Crippen LogP contribution in [0.15, 0.2) is 21.5 Å². The molecule has 1 heterocycles. The maximum atomic E-state index is 11.8. The average molecular weight is 350 g/mol. The van der Waals surface area contributed by atoms with Gasteiger partial charge >= 0.3 is 0 Å². The van der Waals surface area contributed by atoms with Crippen molar-refractivity contribution in [2.75, 3.05) is 26.8 Å². The molecule has 0 radical (unpaired) electrons. The van der Waals surface area contributed by atoms with Gasteiger partial charge in [0.2, 0.25) is 0 Å². The van der Waals surface area contributed by atoms with E-state index in [-0.39, 0.29) is 23.2 Å². The maximum Gasteiger partial charge on any atom is 0.286 e. The van der Waals surface area contributed by atoms with Crippen molar-refractivity contribution in [3.05, 3.63) is 37.2 Å². The summed E-state index contributed by atoms with van der Waals surface area (Å²) in [6, 6.07) is 1.14. The van der Waals surface area contributed by atoms with Crippen molar-refractivity contribution in [2.24, 2.45) is 0 Å². The van der Waals surface area contributed by atoms with E-state index in [9.17, 15) is 20.0 Å². The number of aromatic nitrogens is 1. The van der Waals surface area contributed by atoms with Crippen molar-refractivity contribution in [2.45, 2.75) is 12.6 Å². The van der Waals surface area contributed by atoms with Crippen molar-refractivity contribution in [1.82, 2.24) is 9.88 Å². The predicted molar refractivity (Wildman–Crippen MR) is 75.8 cm³/mol. The normalized spacial score (nSPS) is 12.3. The Labute approximate surface area is 123 Å². The van der Waals surface area contributed by atoms with Crippen LogP contribution in [-0.4, -0.2) is 47.5 Å². The third-order valence-corrected chi connectivity index (χ3v) is 3.08. The molecule has 0 saturated carbocycles. The van der Waals surface area contributed by atoms with Gasteiger partial charge in [0.1, 0.15) is 0 Å². The molecule has 112 valence electrons. The van der Waals surface area contributed by atoms with E-state index < -0.39 is 16.6 Å². The summed E-state index contributed by atoms with van der Waals surface area (Å²) < 4.78 is 6.04. The zero-order valence-corrected chi connectivity index (χ0v) is 12.5. The second-order valence-electron chi connectivity index (χ2n) is 4.11. The van der Waals surface area contributed by atoms with Gasteiger partial charge in [-0.15, -0.1) is 0 Å². The molecule has 9 heteroatoms. The van der Waals surface area contributed by atoms with Crippen LogP contribution < -0.4 is 10.9 Å². The lowest BCUT2D eigenvalue weighted by Gasteiger charge is -2.13. The Kier molecular flexibility index (Phi) is 6.79. The number of methoxy groups -OCH3 is 1. The molecule has 0 aliphatic carbocycles. The Morgan fingerprint density at radius 1 is 1.65 bits per heavy atom. The van der Waals surface area contributed by atoms with Crippen molar-refractivity contribution < 1.29 is 14.8 Å². The molecule has 0 fully saturated rings. The standard InChI is InChI=1S/C11H16BrN3O5/c1-20-3-2-13-5-9(16)7-14-6-8(15(18)19)4-10(12)11(14)17/h4,6,9,13,16H,2-3,5,7H2,1H3. The van der Waals surface area contributed by atoms with E-state index in [4.69, 9.17) is 4.74 Å². The third-order valence-electron chi connectivity index (χ3n) is 2.51. The van der Waals surface area contributed by atoms with Crippen LogP contribution in [0, 0.1) is 10.1 Å². The van der Waals surface area contributed by atoms with E-state index in [2.05, 4.69) is 21.2 Å². The average Bonchev–Trinajstić information content (AvgIpc) is 2.39. The van der Waals surface area contributed by atoms with E-state index in [1.807, 2.05) is 0 Å². The SMILES string of the molecule is COCCNCC(O)Cn1cc([N+](=O)[O-])cc(Br)c1=O. The fourth-order valence-electron chi connectivity index (χ4n) is 1.55. The van der Waals surface area contributed by atoms with Gasteiger partial charge in [-0.2, -0.15) is 0 Å². The van der Waals surface area contributed by atoms with Gasteiger partial charge in [0, 0.05) is 26.3 Å². The van der Waals surface area contributed by atoms with Gasteiger partial charge in [-0.3, -0.25) is 14.9 Å². The van der Waals surface area contributed by atoms with Gasteiger partial charge in [0.05, 0.1) is 34.8 Å². The topological polar surface area (TPSA) is 107 Å². The zero-order valence-electron chi connectivity index (χ0n) is 10.9. The Bertz CT molecular complexity index is 519. The molecule has 8 nitrogen and oxygen atoms in total. The minimum Gasteiger partial charge on any atom is -0.390 e. The molecule has 0 bridgehead atoms. The number of nitrogens with zero attached hydrogens (tertiary/aromatic N) is 2. The quantitative estimate of drug-likeness (QED) is 0.392. The molecule has 2 N–H and O–H groups in total. The Morgan fingerprint density at radius 2 is 2.35 bits per heavy atom. The van der Waals surface area contributed by atoms with Crippen LogP contribution in [-0.2, 0) is 11.3 Å². The molecule has 0 amide bonds. The molecule has 0 aromatic carbocycles.